The van der Waals surface area contributed by atoms with Gasteiger partial charge in [-0.1, -0.05) is 6.07 Å². The molecular weight excluding hydrogens is 347 g/mol. The van der Waals surface area contributed by atoms with Crippen molar-refractivity contribution in [3.05, 3.63) is 33.8 Å². The Morgan fingerprint density at radius 2 is 1.76 bits per heavy atom. The Morgan fingerprint density at radius 3 is 2.29 bits per heavy atom. The van der Waals surface area contributed by atoms with Crippen LogP contribution in [0.2, 0.25) is 0 Å². The van der Waals surface area contributed by atoms with Gasteiger partial charge in [-0.25, -0.2) is 0 Å². The summed E-state index contributed by atoms with van der Waals surface area (Å²) in [5.41, 5.74) is -0.747. The Bertz CT molecular complexity index is 571. The van der Waals surface area contributed by atoms with E-state index in [4.69, 9.17) is 0 Å². The van der Waals surface area contributed by atoms with Gasteiger partial charge in [0.05, 0.1) is 11.1 Å². The van der Waals surface area contributed by atoms with E-state index in [1.165, 1.54) is 25.0 Å². The number of alkyl halides is 3. The molecule has 0 aromatic heterocycles. The summed E-state index contributed by atoms with van der Waals surface area (Å²) in [5.74, 6) is -0.523. The first kappa shape index (κ1) is 14.9. The van der Waals surface area contributed by atoms with Crippen molar-refractivity contribution in [2.45, 2.75) is 31.9 Å². The fraction of sp³-hybridized carbons (Fsp3) is 0.533. The molecule has 1 amide bonds. The van der Waals surface area contributed by atoms with Gasteiger partial charge in [0.2, 0.25) is 0 Å². The van der Waals surface area contributed by atoms with Crippen LogP contribution in [0.25, 0.3) is 0 Å². The lowest BCUT2D eigenvalue weighted by molar-refractivity contribution is -0.138. The maximum atomic E-state index is 13.1. The van der Waals surface area contributed by atoms with Crippen LogP contribution in [0.4, 0.5) is 13.2 Å². The van der Waals surface area contributed by atoms with E-state index in [9.17, 15) is 18.0 Å². The number of hydrogen-bond acceptors (Lipinski definition) is 1. The summed E-state index contributed by atoms with van der Waals surface area (Å²) in [6.45, 7) is 1.11. The van der Waals surface area contributed by atoms with Crippen LogP contribution >= 0.6 is 15.9 Å². The number of hydrogen-bond donors (Lipinski definition) is 0. The van der Waals surface area contributed by atoms with Crippen LogP contribution in [0.3, 0.4) is 0 Å². The molecule has 2 fully saturated rings. The van der Waals surface area contributed by atoms with Gasteiger partial charge < -0.3 is 4.90 Å². The SMILES string of the molecule is O=C(c1c(Br)cccc1C(F)(F)F)N1CCC2(CC1)CC2. The first-order chi connectivity index (χ1) is 9.82. The lowest BCUT2D eigenvalue weighted by Gasteiger charge is -2.33. The van der Waals surface area contributed by atoms with Crippen LogP contribution in [0, 0.1) is 5.41 Å². The van der Waals surface area contributed by atoms with Crippen LogP contribution in [0.1, 0.15) is 41.6 Å². The van der Waals surface area contributed by atoms with Crippen molar-refractivity contribution < 1.29 is 18.0 Å². The number of likely N-dealkylation sites (tertiary alicyclic amines) is 1. The zero-order valence-corrected chi connectivity index (χ0v) is 12.9. The van der Waals surface area contributed by atoms with Crippen molar-refractivity contribution in [2.75, 3.05) is 13.1 Å². The topological polar surface area (TPSA) is 20.3 Å². The van der Waals surface area contributed by atoms with Gasteiger partial charge in [-0.15, -0.1) is 0 Å². The van der Waals surface area contributed by atoms with E-state index in [1.54, 1.807) is 4.90 Å². The molecule has 21 heavy (non-hydrogen) atoms. The van der Waals surface area contributed by atoms with Gasteiger partial charge in [0.25, 0.3) is 5.91 Å². The second-order valence-corrected chi connectivity index (χ2v) is 6.81. The zero-order chi connectivity index (χ0) is 15.3. The minimum atomic E-state index is -4.53. The van der Waals surface area contributed by atoms with Crippen LogP contribution in [0.15, 0.2) is 22.7 Å². The molecule has 1 saturated heterocycles. The van der Waals surface area contributed by atoms with E-state index in [0.717, 1.165) is 18.9 Å². The molecular formula is C15H15BrF3NO. The molecule has 0 atom stereocenters. The second kappa shape index (κ2) is 5.00. The predicted octanol–water partition coefficient (Wildman–Crippen LogP) is 4.48. The highest BCUT2D eigenvalue weighted by Crippen LogP contribution is 2.53. The molecule has 0 radical (unpaired) electrons. The molecule has 0 N–H and O–H groups in total. The number of carbonyl (C=O) groups is 1. The van der Waals surface area contributed by atoms with Gasteiger partial charge in [0, 0.05) is 17.6 Å². The predicted molar refractivity (Wildman–Crippen MR) is 75.9 cm³/mol. The van der Waals surface area contributed by atoms with Crippen molar-refractivity contribution in [3.8, 4) is 0 Å². The third-order valence-corrected chi connectivity index (χ3v) is 5.26. The third kappa shape index (κ3) is 2.82. The monoisotopic (exact) mass is 361 g/mol. The number of nitrogens with zero attached hydrogens (tertiary/aromatic N) is 1. The van der Waals surface area contributed by atoms with E-state index in [-0.39, 0.29) is 10.0 Å². The molecule has 2 nitrogen and oxygen atoms in total. The quantitative estimate of drug-likeness (QED) is 0.721. The summed E-state index contributed by atoms with van der Waals surface area (Å²) in [7, 11) is 0. The van der Waals surface area contributed by atoms with Gasteiger partial charge in [-0.2, -0.15) is 13.2 Å². The summed E-state index contributed by atoms with van der Waals surface area (Å²) in [6.07, 6.45) is -0.326. The zero-order valence-electron chi connectivity index (χ0n) is 11.3. The summed E-state index contributed by atoms with van der Waals surface area (Å²) in [5, 5.41) is 0. The number of halogens is 4. The van der Waals surface area contributed by atoms with Crippen LogP contribution in [-0.2, 0) is 6.18 Å². The third-order valence-electron chi connectivity index (χ3n) is 4.60. The van der Waals surface area contributed by atoms with Crippen LogP contribution in [-0.4, -0.2) is 23.9 Å². The Labute approximate surface area is 129 Å². The van der Waals surface area contributed by atoms with Crippen LogP contribution < -0.4 is 0 Å². The summed E-state index contributed by atoms with van der Waals surface area (Å²) >= 11 is 3.09. The molecule has 1 spiro atoms. The Balaban J connectivity index is 1.87. The van der Waals surface area contributed by atoms with Gasteiger partial charge in [0.15, 0.2) is 0 Å². The fourth-order valence-corrected chi connectivity index (χ4v) is 3.53. The standard InChI is InChI=1S/C15H15BrF3NO/c16-11-3-1-2-10(15(17,18)19)12(11)13(21)20-8-6-14(4-5-14)7-9-20/h1-3H,4-9H2. The molecule has 1 heterocycles. The minimum Gasteiger partial charge on any atom is -0.339 e. The first-order valence-electron chi connectivity index (χ1n) is 6.97. The van der Waals surface area contributed by atoms with Crippen molar-refractivity contribution in [2.24, 2.45) is 5.41 Å². The first-order valence-corrected chi connectivity index (χ1v) is 7.77. The molecule has 6 heteroatoms. The largest absolute Gasteiger partial charge is 0.417 e. The van der Waals surface area contributed by atoms with Gasteiger partial charge in [-0.05, 0) is 59.2 Å². The maximum Gasteiger partial charge on any atom is 0.417 e. The number of benzene rings is 1. The molecule has 1 saturated carbocycles. The van der Waals surface area contributed by atoms with Gasteiger partial charge in [-0.3, -0.25) is 4.79 Å². The van der Waals surface area contributed by atoms with Gasteiger partial charge in [0.1, 0.15) is 0 Å². The fourth-order valence-electron chi connectivity index (χ4n) is 3.00. The van der Waals surface area contributed by atoms with E-state index in [1.807, 2.05) is 0 Å². The van der Waals surface area contributed by atoms with Crippen LogP contribution in [0.5, 0.6) is 0 Å². The second-order valence-electron chi connectivity index (χ2n) is 5.95. The maximum absolute atomic E-state index is 13.1. The molecule has 1 aromatic carbocycles. The van der Waals surface area contributed by atoms with E-state index in [2.05, 4.69) is 15.9 Å². The van der Waals surface area contributed by atoms with Gasteiger partial charge >= 0.3 is 6.18 Å². The number of piperidine rings is 1. The molecule has 2 aliphatic rings. The highest BCUT2D eigenvalue weighted by atomic mass is 79.9. The Kier molecular flexibility index (Phi) is 3.55. The van der Waals surface area contributed by atoms with E-state index in [0.29, 0.717) is 18.5 Å². The summed E-state index contributed by atoms with van der Waals surface area (Å²) < 4.78 is 39.5. The smallest absolute Gasteiger partial charge is 0.339 e. The molecule has 114 valence electrons. The average molecular weight is 362 g/mol. The average Bonchev–Trinajstić information content (AvgIpc) is 3.17. The van der Waals surface area contributed by atoms with Crippen molar-refractivity contribution >= 4 is 21.8 Å². The molecule has 1 aliphatic carbocycles. The van der Waals surface area contributed by atoms with E-state index < -0.39 is 17.6 Å². The molecule has 0 bridgehead atoms. The Morgan fingerprint density at radius 1 is 1.14 bits per heavy atom. The number of carbonyl (C=O) groups excluding carboxylic acids is 1. The lowest BCUT2D eigenvalue weighted by atomic mass is 9.93. The summed E-state index contributed by atoms with van der Waals surface area (Å²) in [6, 6.07) is 3.75. The van der Waals surface area contributed by atoms with Crippen molar-refractivity contribution in [3.63, 3.8) is 0 Å². The molecule has 1 aliphatic heterocycles. The highest BCUT2D eigenvalue weighted by molar-refractivity contribution is 9.10. The van der Waals surface area contributed by atoms with Crippen molar-refractivity contribution in [1.82, 2.24) is 4.90 Å². The molecule has 0 unspecified atom stereocenters. The van der Waals surface area contributed by atoms with Crippen molar-refractivity contribution in [1.29, 1.82) is 0 Å². The van der Waals surface area contributed by atoms with E-state index >= 15 is 0 Å². The Hall–Kier alpha value is -1.04. The normalized spacial score (nSPS) is 20.7. The molecule has 3 rings (SSSR count). The summed E-state index contributed by atoms with van der Waals surface area (Å²) in [4.78, 5) is 14.1. The number of amides is 1. The molecule has 1 aromatic rings. The number of rotatable bonds is 1. The minimum absolute atomic E-state index is 0.203. The lowest BCUT2D eigenvalue weighted by Crippen LogP contribution is -2.40. The highest BCUT2D eigenvalue weighted by Gasteiger charge is 2.46.